The highest BCUT2D eigenvalue weighted by molar-refractivity contribution is 5.76. The summed E-state index contributed by atoms with van der Waals surface area (Å²) in [7, 11) is 0. The molecule has 0 saturated heterocycles. The SMILES string of the molecule is CC(C)(C)OC(=O)[C@@H](N)C/C=C/C[C@H](N)C(=O)OC(C)(C)C. The van der Waals surface area contributed by atoms with Gasteiger partial charge in [-0.25, -0.2) is 0 Å². The van der Waals surface area contributed by atoms with Gasteiger partial charge in [0.15, 0.2) is 0 Å². The van der Waals surface area contributed by atoms with Crippen LogP contribution in [0.3, 0.4) is 0 Å². The van der Waals surface area contributed by atoms with Crippen molar-refractivity contribution < 1.29 is 19.1 Å². The van der Waals surface area contributed by atoms with E-state index in [4.69, 9.17) is 20.9 Å². The first kappa shape index (κ1) is 20.6. The van der Waals surface area contributed by atoms with E-state index in [1.807, 2.05) is 0 Å². The Bertz CT molecular complexity index is 367. The van der Waals surface area contributed by atoms with Gasteiger partial charge in [-0.15, -0.1) is 0 Å². The van der Waals surface area contributed by atoms with Crippen LogP contribution in [-0.2, 0) is 19.1 Å². The summed E-state index contributed by atoms with van der Waals surface area (Å²) in [6.07, 6.45) is 4.10. The maximum Gasteiger partial charge on any atom is 0.323 e. The zero-order valence-electron chi connectivity index (χ0n) is 14.5. The van der Waals surface area contributed by atoms with Crippen molar-refractivity contribution in [3.05, 3.63) is 12.2 Å². The first-order chi connectivity index (χ1) is 9.82. The lowest BCUT2D eigenvalue weighted by molar-refractivity contribution is -0.157. The number of nitrogens with two attached hydrogens (primary N) is 2. The molecule has 0 amide bonds. The summed E-state index contributed by atoms with van der Waals surface area (Å²) < 4.78 is 10.3. The molecule has 22 heavy (non-hydrogen) atoms. The van der Waals surface area contributed by atoms with Gasteiger partial charge in [0, 0.05) is 0 Å². The molecule has 2 atom stereocenters. The fourth-order valence-electron chi connectivity index (χ4n) is 1.43. The van der Waals surface area contributed by atoms with Gasteiger partial charge in [-0.05, 0) is 54.4 Å². The minimum absolute atomic E-state index is 0.329. The Morgan fingerprint density at radius 3 is 1.32 bits per heavy atom. The number of carbonyl (C=O) groups is 2. The lowest BCUT2D eigenvalue weighted by atomic mass is 10.1. The standard InChI is InChI=1S/C16H30N2O4/c1-15(2,3)21-13(19)11(17)9-7-8-10-12(18)14(20)22-16(4,5)6/h7-8,11-12H,9-10,17-18H2,1-6H3/b8-7+/t11-,12-/m0/s1. The Morgan fingerprint density at radius 1 is 0.818 bits per heavy atom. The first-order valence-electron chi connectivity index (χ1n) is 7.44. The summed E-state index contributed by atoms with van der Waals surface area (Å²) in [5.41, 5.74) is 10.4. The number of esters is 2. The van der Waals surface area contributed by atoms with Crippen LogP contribution in [0, 0.1) is 0 Å². The third-order valence-corrected chi connectivity index (χ3v) is 2.37. The smallest absolute Gasteiger partial charge is 0.323 e. The van der Waals surface area contributed by atoms with E-state index in [-0.39, 0.29) is 0 Å². The predicted molar refractivity (Wildman–Crippen MR) is 86.0 cm³/mol. The van der Waals surface area contributed by atoms with E-state index in [9.17, 15) is 9.59 Å². The average Bonchev–Trinajstić information content (AvgIpc) is 2.29. The topological polar surface area (TPSA) is 105 Å². The van der Waals surface area contributed by atoms with Gasteiger partial charge in [0.1, 0.15) is 23.3 Å². The molecule has 0 unspecified atom stereocenters. The van der Waals surface area contributed by atoms with Crippen molar-refractivity contribution in [1.29, 1.82) is 0 Å². The summed E-state index contributed by atoms with van der Waals surface area (Å²) >= 11 is 0. The van der Waals surface area contributed by atoms with Crippen molar-refractivity contribution in [3.63, 3.8) is 0 Å². The molecule has 0 aromatic heterocycles. The van der Waals surface area contributed by atoms with Gasteiger partial charge in [-0.1, -0.05) is 12.2 Å². The molecule has 6 heteroatoms. The van der Waals surface area contributed by atoms with Crippen LogP contribution in [0.5, 0.6) is 0 Å². The number of carbonyl (C=O) groups excluding carboxylic acids is 2. The Morgan fingerprint density at radius 2 is 1.09 bits per heavy atom. The summed E-state index contributed by atoms with van der Waals surface area (Å²) in [4.78, 5) is 23.3. The molecule has 6 nitrogen and oxygen atoms in total. The Hall–Kier alpha value is -1.40. The molecule has 0 radical (unpaired) electrons. The van der Waals surface area contributed by atoms with E-state index in [0.29, 0.717) is 12.8 Å². The van der Waals surface area contributed by atoms with Crippen LogP contribution in [0.25, 0.3) is 0 Å². The lowest BCUT2D eigenvalue weighted by Gasteiger charge is -2.22. The zero-order valence-corrected chi connectivity index (χ0v) is 14.5. The van der Waals surface area contributed by atoms with Crippen molar-refractivity contribution in [3.8, 4) is 0 Å². The van der Waals surface area contributed by atoms with E-state index >= 15 is 0 Å². The minimum Gasteiger partial charge on any atom is -0.459 e. The van der Waals surface area contributed by atoms with Gasteiger partial charge in [0.25, 0.3) is 0 Å². The van der Waals surface area contributed by atoms with E-state index < -0.39 is 35.2 Å². The maximum absolute atomic E-state index is 11.7. The normalized spacial score (nSPS) is 15.5. The molecule has 0 aromatic carbocycles. The fourth-order valence-corrected chi connectivity index (χ4v) is 1.43. The van der Waals surface area contributed by atoms with Gasteiger partial charge in [-0.3, -0.25) is 9.59 Å². The molecule has 4 N–H and O–H groups in total. The van der Waals surface area contributed by atoms with E-state index in [1.54, 1.807) is 53.7 Å². The predicted octanol–water partition coefficient (Wildman–Crippen LogP) is 1.66. The third kappa shape index (κ3) is 10.3. The lowest BCUT2D eigenvalue weighted by Crippen LogP contribution is -2.37. The van der Waals surface area contributed by atoms with Crippen LogP contribution >= 0.6 is 0 Å². The monoisotopic (exact) mass is 314 g/mol. The number of rotatable bonds is 6. The highest BCUT2D eigenvalue weighted by Gasteiger charge is 2.22. The molecule has 0 spiro atoms. The van der Waals surface area contributed by atoms with Gasteiger partial charge in [-0.2, -0.15) is 0 Å². The van der Waals surface area contributed by atoms with Crippen LogP contribution < -0.4 is 11.5 Å². The van der Waals surface area contributed by atoms with Crippen molar-refractivity contribution in [2.24, 2.45) is 11.5 Å². The molecule has 0 aliphatic carbocycles. The Balaban J connectivity index is 4.19. The number of hydrogen-bond donors (Lipinski definition) is 2. The molecule has 0 bridgehead atoms. The van der Waals surface area contributed by atoms with Gasteiger partial charge < -0.3 is 20.9 Å². The summed E-state index contributed by atoms with van der Waals surface area (Å²) in [5, 5.41) is 0. The third-order valence-electron chi connectivity index (χ3n) is 2.37. The quantitative estimate of drug-likeness (QED) is 0.570. The molecule has 0 aliphatic heterocycles. The summed E-state index contributed by atoms with van der Waals surface area (Å²) in [5.74, 6) is -0.901. The second kappa shape index (κ2) is 8.29. The second-order valence-corrected chi connectivity index (χ2v) is 7.22. The molecular weight excluding hydrogens is 284 g/mol. The molecule has 0 heterocycles. The van der Waals surface area contributed by atoms with E-state index in [2.05, 4.69) is 0 Å². The zero-order chi connectivity index (χ0) is 17.6. The van der Waals surface area contributed by atoms with Crippen LogP contribution in [0.15, 0.2) is 12.2 Å². The number of hydrogen-bond acceptors (Lipinski definition) is 6. The van der Waals surface area contributed by atoms with Crippen LogP contribution in [0.4, 0.5) is 0 Å². The van der Waals surface area contributed by atoms with Crippen LogP contribution in [-0.4, -0.2) is 35.2 Å². The molecule has 0 rings (SSSR count). The highest BCUT2D eigenvalue weighted by atomic mass is 16.6. The molecular formula is C16H30N2O4. The number of ether oxygens (including phenoxy) is 2. The van der Waals surface area contributed by atoms with Crippen molar-refractivity contribution in [1.82, 2.24) is 0 Å². The Labute approximate surface area is 133 Å². The van der Waals surface area contributed by atoms with Crippen molar-refractivity contribution in [2.75, 3.05) is 0 Å². The molecule has 0 aromatic rings. The summed E-state index contributed by atoms with van der Waals surface area (Å²) in [6, 6.07) is -1.46. The van der Waals surface area contributed by atoms with Crippen molar-refractivity contribution in [2.45, 2.75) is 77.7 Å². The maximum atomic E-state index is 11.7. The van der Waals surface area contributed by atoms with Crippen LogP contribution in [0.2, 0.25) is 0 Å². The molecule has 0 fully saturated rings. The van der Waals surface area contributed by atoms with E-state index in [1.165, 1.54) is 0 Å². The molecule has 128 valence electrons. The van der Waals surface area contributed by atoms with E-state index in [0.717, 1.165) is 0 Å². The Kier molecular flexibility index (Phi) is 7.76. The van der Waals surface area contributed by atoms with Gasteiger partial charge in [0.05, 0.1) is 0 Å². The summed E-state index contributed by atoms with van der Waals surface area (Å²) in [6.45, 7) is 10.7. The highest BCUT2D eigenvalue weighted by Crippen LogP contribution is 2.10. The second-order valence-electron chi connectivity index (χ2n) is 7.22. The van der Waals surface area contributed by atoms with Crippen LogP contribution in [0.1, 0.15) is 54.4 Å². The largest absolute Gasteiger partial charge is 0.459 e. The fraction of sp³-hybridized carbons (Fsp3) is 0.750. The average molecular weight is 314 g/mol. The van der Waals surface area contributed by atoms with Gasteiger partial charge in [0.2, 0.25) is 0 Å². The molecule has 0 aliphatic rings. The van der Waals surface area contributed by atoms with Gasteiger partial charge >= 0.3 is 11.9 Å². The molecule has 0 saturated carbocycles. The minimum atomic E-state index is -0.728. The first-order valence-corrected chi connectivity index (χ1v) is 7.44. The van der Waals surface area contributed by atoms with Crippen molar-refractivity contribution >= 4 is 11.9 Å².